The van der Waals surface area contributed by atoms with Crippen molar-refractivity contribution in [2.45, 2.75) is 46.1 Å². The largest absolute Gasteiger partial charge is 0.479 e. The number of amides is 2. The monoisotopic (exact) mass is 352 g/mol. The number of carboxylic acids is 1. The molecule has 0 aliphatic rings. The van der Waals surface area contributed by atoms with Crippen molar-refractivity contribution < 1.29 is 23.9 Å². The Morgan fingerprint density at radius 1 is 1.20 bits per heavy atom. The number of halogens is 1. The Morgan fingerprint density at radius 2 is 1.84 bits per heavy atom. The molecule has 2 N–H and O–H groups in total. The van der Waals surface area contributed by atoms with Crippen LogP contribution in [-0.2, 0) is 14.4 Å². The van der Waals surface area contributed by atoms with E-state index in [2.05, 4.69) is 5.32 Å². The van der Waals surface area contributed by atoms with E-state index in [1.807, 2.05) is 13.8 Å². The van der Waals surface area contributed by atoms with E-state index in [9.17, 15) is 23.9 Å². The van der Waals surface area contributed by atoms with Crippen LogP contribution in [0.3, 0.4) is 0 Å². The Balaban J connectivity index is 2.61. The minimum Gasteiger partial charge on any atom is -0.479 e. The fraction of sp³-hybridized carbons (Fsp3) is 0.500. The lowest BCUT2D eigenvalue weighted by Gasteiger charge is -2.18. The smallest absolute Gasteiger partial charge is 0.330 e. The lowest BCUT2D eigenvalue weighted by Crippen LogP contribution is -2.34. The molecule has 1 aromatic rings. The molecule has 25 heavy (non-hydrogen) atoms. The topological polar surface area (TPSA) is 86.7 Å². The maximum atomic E-state index is 13.3. The molecule has 1 rings (SSSR count). The van der Waals surface area contributed by atoms with Gasteiger partial charge in [-0.2, -0.15) is 0 Å². The summed E-state index contributed by atoms with van der Waals surface area (Å²) in [6.07, 6.45) is 0.634. The first kappa shape index (κ1) is 20.6. The molecular formula is C18H25FN2O4. The predicted octanol–water partition coefficient (Wildman–Crippen LogP) is 2.41. The molecule has 6 nitrogen and oxygen atoms in total. The number of carbonyl (C=O) groups excluding carboxylic acids is 2. The highest BCUT2D eigenvalue weighted by Gasteiger charge is 2.22. The average molecular weight is 352 g/mol. The molecule has 2 amide bonds. The summed E-state index contributed by atoms with van der Waals surface area (Å²) in [5.74, 6) is -2.14. The molecule has 1 atom stereocenters. The molecule has 7 heteroatoms. The van der Waals surface area contributed by atoms with Gasteiger partial charge in [-0.15, -0.1) is 0 Å². The number of benzene rings is 1. The summed E-state index contributed by atoms with van der Waals surface area (Å²) in [5, 5.41) is 11.7. The van der Waals surface area contributed by atoms with E-state index in [0.717, 1.165) is 0 Å². The summed E-state index contributed by atoms with van der Waals surface area (Å²) < 4.78 is 13.3. The molecule has 0 fully saturated rings. The Hall–Kier alpha value is -2.44. The summed E-state index contributed by atoms with van der Waals surface area (Å²) in [5.41, 5.74) is 0.613. The third-order valence-electron chi connectivity index (χ3n) is 3.98. The molecule has 0 heterocycles. The zero-order valence-electron chi connectivity index (χ0n) is 14.8. The third-order valence-corrected chi connectivity index (χ3v) is 3.98. The summed E-state index contributed by atoms with van der Waals surface area (Å²) in [6, 6.07) is 2.67. The number of nitrogens with one attached hydrogen (secondary N) is 1. The number of carboxylic acid groups (broad SMARTS) is 1. The first-order valence-electron chi connectivity index (χ1n) is 8.36. The molecule has 0 radical (unpaired) electrons. The number of rotatable bonds is 9. The quantitative estimate of drug-likeness (QED) is 0.714. The molecular weight excluding hydrogens is 327 g/mol. The fourth-order valence-corrected chi connectivity index (χ4v) is 2.50. The van der Waals surface area contributed by atoms with Crippen molar-refractivity contribution in [1.82, 2.24) is 10.2 Å². The van der Waals surface area contributed by atoms with Gasteiger partial charge in [-0.25, -0.2) is 9.18 Å². The molecule has 0 saturated carbocycles. The van der Waals surface area contributed by atoms with Gasteiger partial charge in [0.1, 0.15) is 5.82 Å². The molecule has 0 saturated heterocycles. The van der Waals surface area contributed by atoms with Crippen molar-refractivity contribution in [3.63, 3.8) is 0 Å². The van der Waals surface area contributed by atoms with Crippen molar-refractivity contribution in [2.24, 2.45) is 0 Å². The maximum Gasteiger partial charge on any atom is 0.330 e. The Bertz CT molecular complexity index is 630. The summed E-state index contributed by atoms with van der Waals surface area (Å²) in [6.45, 7) is 6.53. The molecule has 1 unspecified atom stereocenters. The van der Waals surface area contributed by atoms with Crippen molar-refractivity contribution in [3.05, 3.63) is 35.1 Å². The van der Waals surface area contributed by atoms with E-state index in [0.29, 0.717) is 30.6 Å². The zero-order valence-corrected chi connectivity index (χ0v) is 14.8. The van der Waals surface area contributed by atoms with Gasteiger partial charge in [0.2, 0.25) is 11.8 Å². The normalized spacial score (nSPS) is 11.7. The van der Waals surface area contributed by atoms with Crippen molar-refractivity contribution in [2.75, 3.05) is 13.1 Å². The second-order valence-electron chi connectivity index (χ2n) is 5.77. The van der Waals surface area contributed by atoms with Crippen molar-refractivity contribution in [3.8, 4) is 0 Å². The first-order valence-corrected chi connectivity index (χ1v) is 8.36. The van der Waals surface area contributed by atoms with Crippen LogP contribution in [0.2, 0.25) is 0 Å². The minimum atomic E-state index is -1.25. The van der Waals surface area contributed by atoms with Gasteiger partial charge in [-0.1, -0.05) is 12.1 Å². The minimum absolute atomic E-state index is 0.0262. The van der Waals surface area contributed by atoms with Gasteiger partial charge in [0.25, 0.3) is 0 Å². The standard InChI is InChI=1S/C18H25FN2O4/c1-4-21(5-2)16(23)8-6-7-15(22)20-17(18(24)25)13-9-10-14(19)12(3)11-13/h9-11,17H,4-8H2,1-3H3,(H,20,22)(H,24,25). The Labute approximate surface area is 147 Å². The highest BCUT2D eigenvalue weighted by atomic mass is 19.1. The molecule has 0 bridgehead atoms. The second kappa shape index (κ2) is 9.76. The second-order valence-corrected chi connectivity index (χ2v) is 5.77. The molecule has 0 aliphatic heterocycles. The summed E-state index contributed by atoms with van der Waals surface area (Å²) in [4.78, 5) is 37.0. The van der Waals surface area contributed by atoms with E-state index in [-0.39, 0.29) is 18.7 Å². The van der Waals surface area contributed by atoms with Gasteiger partial charge in [0.15, 0.2) is 6.04 Å². The predicted molar refractivity (Wildman–Crippen MR) is 91.4 cm³/mol. The summed E-state index contributed by atoms with van der Waals surface area (Å²) >= 11 is 0. The van der Waals surface area contributed by atoms with Crippen LogP contribution in [0, 0.1) is 12.7 Å². The van der Waals surface area contributed by atoms with Gasteiger partial charge >= 0.3 is 5.97 Å². The van der Waals surface area contributed by atoms with E-state index in [1.54, 1.807) is 4.90 Å². The first-order chi connectivity index (χ1) is 11.8. The molecule has 138 valence electrons. The van der Waals surface area contributed by atoms with Gasteiger partial charge in [-0.05, 0) is 44.4 Å². The van der Waals surface area contributed by atoms with Gasteiger partial charge in [0.05, 0.1) is 0 Å². The van der Waals surface area contributed by atoms with Gasteiger partial charge in [0, 0.05) is 25.9 Å². The Kier molecular flexibility index (Phi) is 8.04. The van der Waals surface area contributed by atoms with Crippen LogP contribution in [0.25, 0.3) is 0 Å². The number of aryl methyl sites for hydroxylation is 1. The van der Waals surface area contributed by atoms with Crippen LogP contribution in [0.1, 0.15) is 50.3 Å². The number of hydrogen-bond acceptors (Lipinski definition) is 3. The van der Waals surface area contributed by atoms with Crippen molar-refractivity contribution in [1.29, 1.82) is 0 Å². The Morgan fingerprint density at radius 3 is 2.36 bits per heavy atom. The van der Waals surface area contributed by atoms with Crippen LogP contribution < -0.4 is 5.32 Å². The maximum absolute atomic E-state index is 13.3. The lowest BCUT2D eigenvalue weighted by atomic mass is 10.0. The van der Waals surface area contributed by atoms with Crippen molar-refractivity contribution >= 4 is 17.8 Å². The van der Waals surface area contributed by atoms with Gasteiger partial charge in [-0.3, -0.25) is 9.59 Å². The molecule has 1 aromatic carbocycles. The van der Waals surface area contributed by atoms with Crippen LogP contribution >= 0.6 is 0 Å². The van der Waals surface area contributed by atoms with E-state index >= 15 is 0 Å². The van der Waals surface area contributed by atoms with E-state index in [4.69, 9.17) is 0 Å². The molecule has 0 spiro atoms. The van der Waals surface area contributed by atoms with Crippen LogP contribution in [0.4, 0.5) is 4.39 Å². The average Bonchev–Trinajstić information content (AvgIpc) is 2.56. The van der Waals surface area contributed by atoms with Crippen LogP contribution in [0.15, 0.2) is 18.2 Å². The van der Waals surface area contributed by atoms with E-state index < -0.39 is 23.7 Å². The zero-order chi connectivity index (χ0) is 19.0. The summed E-state index contributed by atoms with van der Waals surface area (Å²) in [7, 11) is 0. The highest BCUT2D eigenvalue weighted by molar-refractivity contribution is 5.85. The van der Waals surface area contributed by atoms with Crippen LogP contribution in [-0.4, -0.2) is 40.9 Å². The molecule has 0 aliphatic carbocycles. The number of carbonyl (C=O) groups is 3. The van der Waals surface area contributed by atoms with Crippen LogP contribution in [0.5, 0.6) is 0 Å². The third kappa shape index (κ3) is 6.17. The highest BCUT2D eigenvalue weighted by Crippen LogP contribution is 2.17. The number of aliphatic carboxylic acids is 1. The van der Waals surface area contributed by atoms with E-state index in [1.165, 1.54) is 25.1 Å². The SMILES string of the molecule is CCN(CC)C(=O)CCCC(=O)NC(C(=O)O)c1ccc(F)c(C)c1. The number of hydrogen-bond donors (Lipinski definition) is 2. The fourth-order valence-electron chi connectivity index (χ4n) is 2.50. The number of nitrogens with zero attached hydrogens (tertiary/aromatic N) is 1. The lowest BCUT2D eigenvalue weighted by molar-refractivity contribution is -0.142. The molecule has 0 aromatic heterocycles. The van der Waals surface area contributed by atoms with Gasteiger partial charge < -0.3 is 15.3 Å².